The average molecular weight is 512 g/mol. The van der Waals surface area contributed by atoms with Crippen LogP contribution >= 0.6 is 0 Å². The molecular formula is C30H29N3O3S. The molecule has 1 N–H and O–H groups in total. The lowest BCUT2D eigenvalue weighted by Gasteiger charge is -2.25. The standard InChI is InChI=1S/C30H29N3O3S/c1-3-22-7-4-5-10-28(22)33(37(35,36)26-17-11-21(2)12-18-26)20-29(34)32-31-19-25-16-15-24-14-13-23-8-6-9-27(25)30(23)24/h4-12,15-19H,3,13-14,20H2,1-2H3,(H,32,34)/b31-19-. The third-order valence-electron chi connectivity index (χ3n) is 6.84. The summed E-state index contributed by atoms with van der Waals surface area (Å²) < 4.78 is 28.5. The van der Waals surface area contributed by atoms with Crippen molar-refractivity contribution in [2.75, 3.05) is 10.8 Å². The first-order valence-corrected chi connectivity index (χ1v) is 13.8. The van der Waals surface area contributed by atoms with Crippen molar-refractivity contribution in [2.45, 2.75) is 38.0 Å². The Bertz CT molecular complexity index is 1600. The first kappa shape index (κ1) is 24.7. The van der Waals surface area contributed by atoms with E-state index in [4.69, 9.17) is 0 Å². The minimum absolute atomic E-state index is 0.133. The summed E-state index contributed by atoms with van der Waals surface area (Å²) in [6, 6.07) is 24.3. The summed E-state index contributed by atoms with van der Waals surface area (Å²) in [5, 5.41) is 6.55. The molecule has 0 spiro atoms. The predicted molar refractivity (Wildman–Crippen MR) is 149 cm³/mol. The molecule has 0 fully saturated rings. The second-order valence-corrected chi connectivity index (χ2v) is 11.1. The number of hydrogen-bond donors (Lipinski definition) is 1. The van der Waals surface area contributed by atoms with Gasteiger partial charge in [-0.15, -0.1) is 0 Å². The summed E-state index contributed by atoms with van der Waals surface area (Å²) in [6.45, 7) is 3.46. The van der Waals surface area contributed by atoms with Gasteiger partial charge in [-0.05, 0) is 71.8 Å². The van der Waals surface area contributed by atoms with Gasteiger partial charge in [-0.3, -0.25) is 9.10 Å². The van der Waals surface area contributed by atoms with Crippen molar-refractivity contribution < 1.29 is 13.2 Å². The zero-order valence-corrected chi connectivity index (χ0v) is 21.8. The van der Waals surface area contributed by atoms with E-state index in [1.807, 2.05) is 38.1 Å². The largest absolute Gasteiger partial charge is 0.271 e. The summed E-state index contributed by atoms with van der Waals surface area (Å²) in [5.41, 5.74) is 8.38. The Morgan fingerprint density at radius 2 is 1.68 bits per heavy atom. The average Bonchev–Trinajstić information content (AvgIpc) is 3.33. The van der Waals surface area contributed by atoms with E-state index in [0.29, 0.717) is 12.1 Å². The molecular weight excluding hydrogens is 482 g/mol. The molecule has 0 unspecified atom stereocenters. The number of carbonyl (C=O) groups is 1. The molecule has 0 saturated heterocycles. The van der Waals surface area contributed by atoms with Crippen LogP contribution < -0.4 is 9.73 Å². The molecule has 0 saturated carbocycles. The molecule has 0 bridgehead atoms. The van der Waals surface area contributed by atoms with Gasteiger partial charge in [-0.2, -0.15) is 5.10 Å². The second kappa shape index (κ2) is 10.2. The van der Waals surface area contributed by atoms with Crippen molar-refractivity contribution in [1.29, 1.82) is 0 Å². The molecule has 0 heterocycles. The molecule has 188 valence electrons. The number of nitrogens with zero attached hydrogens (tertiary/aromatic N) is 2. The van der Waals surface area contributed by atoms with Crippen LogP contribution in [0.25, 0.3) is 10.8 Å². The number of carbonyl (C=O) groups excluding carboxylic acids is 1. The van der Waals surface area contributed by atoms with Gasteiger partial charge in [0.15, 0.2) is 0 Å². The summed E-state index contributed by atoms with van der Waals surface area (Å²) >= 11 is 0. The molecule has 0 atom stereocenters. The lowest BCUT2D eigenvalue weighted by molar-refractivity contribution is -0.119. The third-order valence-corrected chi connectivity index (χ3v) is 8.61. The maximum atomic E-state index is 13.7. The predicted octanol–water partition coefficient (Wildman–Crippen LogP) is 5.15. The van der Waals surface area contributed by atoms with E-state index in [0.717, 1.165) is 34.9 Å². The number of sulfonamides is 1. The summed E-state index contributed by atoms with van der Waals surface area (Å²) in [7, 11) is -3.99. The Hall–Kier alpha value is -3.97. The van der Waals surface area contributed by atoms with Gasteiger partial charge in [0, 0.05) is 5.56 Å². The van der Waals surface area contributed by atoms with Crippen LogP contribution in [-0.2, 0) is 34.1 Å². The molecule has 1 aliphatic rings. The third kappa shape index (κ3) is 4.87. The maximum absolute atomic E-state index is 13.7. The second-order valence-electron chi connectivity index (χ2n) is 9.25. The zero-order valence-electron chi connectivity index (χ0n) is 20.9. The van der Waals surface area contributed by atoms with Gasteiger partial charge in [-0.25, -0.2) is 13.8 Å². The van der Waals surface area contributed by atoms with E-state index < -0.39 is 22.5 Å². The van der Waals surface area contributed by atoms with Crippen LogP contribution in [0.3, 0.4) is 0 Å². The van der Waals surface area contributed by atoms with Crippen LogP contribution in [0.5, 0.6) is 0 Å². The minimum Gasteiger partial charge on any atom is -0.271 e. The minimum atomic E-state index is -3.99. The Morgan fingerprint density at radius 1 is 0.946 bits per heavy atom. The number of hydrazone groups is 1. The fraction of sp³-hybridized carbons (Fsp3) is 0.200. The number of hydrogen-bond acceptors (Lipinski definition) is 4. The molecule has 1 aliphatic carbocycles. The molecule has 4 aromatic rings. The van der Waals surface area contributed by atoms with Crippen LogP contribution in [0.2, 0.25) is 0 Å². The maximum Gasteiger partial charge on any atom is 0.264 e. The van der Waals surface area contributed by atoms with E-state index >= 15 is 0 Å². The Morgan fingerprint density at radius 3 is 2.43 bits per heavy atom. The van der Waals surface area contributed by atoms with E-state index in [1.54, 1.807) is 42.6 Å². The van der Waals surface area contributed by atoms with Crippen molar-refractivity contribution in [3.05, 3.63) is 107 Å². The number of anilines is 1. The highest BCUT2D eigenvalue weighted by atomic mass is 32.2. The van der Waals surface area contributed by atoms with Gasteiger partial charge in [0.2, 0.25) is 0 Å². The number of benzene rings is 4. The van der Waals surface area contributed by atoms with Crippen LogP contribution in [0, 0.1) is 6.92 Å². The van der Waals surface area contributed by atoms with Gasteiger partial charge in [0.25, 0.3) is 15.9 Å². The van der Waals surface area contributed by atoms with Gasteiger partial charge in [0.05, 0.1) is 16.8 Å². The zero-order chi connectivity index (χ0) is 26.0. The smallest absolute Gasteiger partial charge is 0.264 e. The van der Waals surface area contributed by atoms with Gasteiger partial charge >= 0.3 is 0 Å². The molecule has 0 aromatic heterocycles. The Kier molecular flexibility index (Phi) is 6.80. The molecule has 4 aromatic carbocycles. The van der Waals surface area contributed by atoms with E-state index in [1.165, 1.54) is 20.8 Å². The topological polar surface area (TPSA) is 78.8 Å². The number of aryl methyl sites for hydroxylation is 4. The van der Waals surface area contributed by atoms with Crippen molar-refractivity contribution >= 4 is 38.6 Å². The normalized spacial score (nSPS) is 12.8. The molecule has 37 heavy (non-hydrogen) atoms. The van der Waals surface area contributed by atoms with E-state index in [-0.39, 0.29) is 4.90 Å². The van der Waals surface area contributed by atoms with Gasteiger partial charge in [0.1, 0.15) is 6.54 Å². The molecule has 6 nitrogen and oxygen atoms in total. The molecule has 7 heteroatoms. The molecule has 0 radical (unpaired) electrons. The number of nitrogens with one attached hydrogen (secondary N) is 1. The summed E-state index contributed by atoms with van der Waals surface area (Å²) in [5.74, 6) is -0.524. The number of para-hydroxylation sites is 1. The van der Waals surface area contributed by atoms with Crippen LogP contribution in [0.15, 0.2) is 88.9 Å². The lowest BCUT2D eigenvalue weighted by atomic mass is 10.0. The van der Waals surface area contributed by atoms with E-state index in [2.05, 4.69) is 28.7 Å². The highest BCUT2D eigenvalue weighted by Gasteiger charge is 2.28. The van der Waals surface area contributed by atoms with Gasteiger partial charge in [-0.1, -0.05) is 73.2 Å². The monoisotopic (exact) mass is 511 g/mol. The van der Waals surface area contributed by atoms with Crippen LogP contribution in [-0.4, -0.2) is 27.1 Å². The first-order chi connectivity index (χ1) is 17.9. The van der Waals surface area contributed by atoms with Crippen molar-refractivity contribution in [1.82, 2.24) is 5.43 Å². The summed E-state index contributed by atoms with van der Waals surface area (Å²) in [4.78, 5) is 13.1. The van der Waals surface area contributed by atoms with Crippen LogP contribution in [0.1, 0.15) is 34.7 Å². The van der Waals surface area contributed by atoms with Crippen LogP contribution in [0.4, 0.5) is 5.69 Å². The first-order valence-electron chi connectivity index (χ1n) is 12.4. The summed E-state index contributed by atoms with van der Waals surface area (Å²) in [6.07, 6.45) is 4.32. The van der Waals surface area contributed by atoms with Crippen molar-refractivity contribution in [3.63, 3.8) is 0 Å². The van der Waals surface area contributed by atoms with Crippen molar-refractivity contribution in [3.8, 4) is 0 Å². The highest BCUT2D eigenvalue weighted by molar-refractivity contribution is 7.92. The fourth-order valence-electron chi connectivity index (χ4n) is 4.91. The lowest BCUT2D eigenvalue weighted by Crippen LogP contribution is -2.40. The quantitative estimate of drug-likeness (QED) is 0.262. The molecule has 5 rings (SSSR count). The van der Waals surface area contributed by atoms with E-state index in [9.17, 15) is 13.2 Å². The molecule has 1 amide bonds. The number of amides is 1. The Labute approximate surface area is 217 Å². The van der Waals surface area contributed by atoms with Crippen molar-refractivity contribution in [2.24, 2.45) is 5.10 Å². The number of rotatable bonds is 8. The highest BCUT2D eigenvalue weighted by Crippen LogP contribution is 2.32. The Balaban J connectivity index is 1.41. The SMILES string of the molecule is CCc1ccccc1N(CC(=O)N/N=C\c1ccc2c3c(cccc13)CC2)S(=O)(=O)c1ccc(C)cc1. The molecule has 0 aliphatic heterocycles. The van der Waals surface area contributed by atoms with Gasteiger partial charge < -0.3 is 0 Å². The fourth-order valence-corrected chi connectivity index (χ4v) is 6.37.